The molecule has 0 saturated heterocycles. The van der Waals surface area contributed by atoms with Crippen molar-refractivity contribution in [1.82, 2.24) is 0 Å². The molecule has 94 valence electrons. The third kappa shape index (κ3) is 1.87. The molecule has 2 aromatic rings. The number of cyclic esters (lactones) is 1. The van der Waals surface area contributed by atoms with Crippen LogP contribution in [0.3, 0.4) is 0 Å². The number of carboxylic acid groups (broad SMARTS) is 1. The van der Waals surface area contributed by atoms with Gasteiger partial charge in [0.25, 0.3) is 0 Å². The molecule has 0 aliphatic carbocycles. The summed E-state index contributed by atoms with van der Waals surface area (Å²) in [5.41, 5.74) is 1.82. The zero-order valence-electron chi connectivity index (χ0n) is 9.83. The smallest absolute Gasteiger partial charge is 0.339 e. The summed E-state index contributed by atoms with van der Waals surface area (Å²) in [6, 6.07) is 13.4. The Kier molecular flexibility index (Phi) is 2.56. The van der Waals surface area contributed by atoms with Crippen LogP contribution in [0.5, 0.6) is 0 Å². The molecule has 0 amide bonds. The molecule has 0 bridgehead atoms. The molecule has 0 aromatic heterocycles. The van der Waals surface area contributed by atoms with Gasteiger partial charge in [0.15, 0.2) is 6.10 Å². The van der Waals surface area contributed by atoms with Crippen LogP contribution in [0, 0.1) is 0 Å². The summed E-state index contributed by atoms with van der Waals surface area (Å²) in [5, 5.41) is 10.9. The molecule has 19 heavy (non-hydrogen) atoms. The van der Waals surface area contributed by atoms with Crippen LogP contribution in [0.2, 0.25) is 0 Å². The van der Waals surface area contributed by atoms with Gasteiger partial charge in [-0.2, -0.15) is 0 Å². The summed E-state index contributed by atoms with van der Waals surface area (Å²) in [5.74, 6) is -1.71. The van der Waals surface area contributed by atoms with Gasteiger partial charge in [-0.3, -0.25) is 0 Å². The summed E-state index contributed by atoms with van der Waals surface area (Å²) in [4.78, 5) is 22.6. The van der Waals surface area contributed by atoms with Crippen molar-refractivity contribution < 1.29 is 19.4 Å². The maximum absolute atomic E-state index is 11.7. The molecular formula is C15H9O4-. The average Bonchev–Trinajstić information content (AvgIpc) is 2.77. The van der Waals surface area contributed by atoms with Crippen LogP contribution < -0.4 is 5.11 Å². The van der Waals surface area contributed by atoms with Crippen LogP contribution in [0.25, 0.3) is 0 Å². The van der Waals surface area contributed by atoms with E-state index in [4.69, 9.17) is 4.74 Å². The minimum absolute atomic E-state index is 0.0398. The molecule has 2 aromatic carbocycles. The Morgan fingerprint density at radius 1 is 1.11 bits per heavy atom. The van der Waals surface area contributed by atoms with E-state index < -0.39 is 18.0 Å². The number of fused-ring (bicyclic) bond motifs is 1. The fourth-order valence-electron chi connectivity index (χ4n) is 2.20. The second kappa shape index (κ2) is 4.24. The number of carbonyl (C=O) groups is 2. The molecule has 0 radical (unpaired) electrons. The van der Waals surface area contributed by atoms with Crippen LogP contribution >= 0.6 is 0 Å². The van der Waals surface area contributed by atoms with Crippen LogP contribution in [0.4, 0.5) is 0 Å². The number of hydrogen-bond acceptors (Lipinski definition) is 4. The molecular weight excluding hydrogens is 244 g/mol. The lowest BCUT2D eigenvalue weighted by atomic mass is 9.97. The molecule has 4 heteroatoms. The maximum Gasteiger partial charge on any atom is 0.339 e. The van der Waals surface area contributed by atoms with Crippen molar-refractivity contribution in [2.24, 2.45) is 0 Å². The number of hydrogen-bond donors (Lipinski definition) is 0. The van der Waals surface area contributed by atoms with E-state index in [-0.39, 0.29) is 5.56 Å². The molecule has 1 aliphatic rings. The van der Waals surface area contributed by atoms with E-state index in [1.54, 1.807) is 0 Å². The normalized spacial score (nSPS) is 16.8. The van der Waals surface area contributed by atoms with Gasteiger partial charge in [-0.15, -0.1) is 0 Å². The predicted molar refractivity (Wildman–Crippen MR) is 64.5 cm³/mol. The van der Waals surface area contributed by atoms with Crippen molar-refractivity contribution in [2.75, 3.05) is 0 Å². The molecule has 3 rings (SSSR count). The van der Waals surface area contributed by atoms with Gasteiger partial charge in [-0.05, 0) is 23.3 Å². The first-order chi connectivity index (χ1) is 9.16. The van der Waals surface area contributed by atoms with Gasteiger partial charge in [0, 0.05) is 5.56 Å². The fourth-order valence-corrected chi connectivity index (χ4v) is 2.20. The van der Waals surface area contributed by atoms with Gasteiger partial charge in [-0.1, -0.05) is 36.4 Å². The van der Waals surface area contributed by atoms with Gasteiger partial charge in [0.1, 0.15) is 0 Å². The van der Waals surface area contributed by atoms with E-state index >= 15 is 0 Å². The van der Waals surface area contributed by atoms with Crippen molar-refractivity contribution in [2.45, 2.75) is 6.10 Å². The third-order valence-electron chi connectivity index (χ3n) is 3.12. The SMILES string of the molecule is O=C([O-])c1ccc2c(c1)C(c1ccccc1)OC2=O. The van der Waals surface area contributed by atoms with E-state index in [0.717, 1.165) is 5.56 Å². The van der Waals surface area contributed by atoms with Gasteiger partial charge >= 0.3 is 5.97 Å². The summed E-state index contributed by atoms with van der Waals surface area (Å²) in [7, 11) is 0. The monoisotopic (exact) mass is 253 g/mol. The zero-order chi connectivity index (χ0) is 13.4. The molecule has 0 spiro atoms. The molecule has 1 unspecified atom stereocenters. The number of rotatable bonds is 2. The molecule has 1 aliphatic heterocycles. The molecule has 1 heterocycles. The van der Waals surface area contributed by atoms with E-state index in [2.05, 4.69) is 0 Å². The standard InChI is InChI=1S/C15H10O4/c16-14(17)10-6-7-11-12(8-10)13(19-15(11)18)9-4-2-1-3-5-9/h1-8,13H,(H,16,17)/p-1. The number of benzene rings is 2. The van der Waals surface area contributed by atoms with E-state index in [1.807, 2.05) is 30.3 Å². The number of carbonyl (C=O) groups excluding carboxylic acids is 2. The lowest BCUT2D eigenvalue weighted by Crippen LogP contribution is -2.22. The summed E-state index contributed by atoms with van der Waals surface area (Å²) < 4.78 is 5.30. The third-order valence-corrected chi connectivity index (χ3v) is 3.12. The summed E-state index contributed by atoms with van der Waals surface area (Å²) >= 11 is 0. The highest BCUT2D eigenvalue weighted by Gasteiger charge is 2.32. The fraction of sp³-hybridized carbons (Fsp3) is 0.0667. The maximum atomic E-state index is 11.7. The highest BCUT2D eigenvalue weighted by molar-refractivity contribution is 5.96. The second-order valence-electron chi connectivity index (χ2n) is 4.29. The Balaban J connectivity index is 2.12. The minimum atomic E-state index is -1.27. The average molecular weight is 253 g/mol. The highest BCUT2D eigenvalue weighted by atomic mass is 16.5. The Morgan fingerprint density at radius 2 is 1.84 bits per heavy atom. The first-order valence-corrected chi connectivity index (χ1v) is 5.78. The first kappa shape index (κ1) is 11.5. The highest BCUT2D eigenvalue weighted by Crippen LogP contribution is 2.36. The molecule has 0 saturated carbocycles. The Hall–Kier alpha value is -2.62. The largest absolute Gasteiger partial charge is 0.545 e. The summed E-state index contributed by atoms with van der Waals surface area (Å²) in [6.07, 6.45) is -0.553. The number of esters is 1. The van der Waals surface area contributed by atoms with Crippen molar-refractivity contribution in [1.29, 1.82) is 0 Å². The van der Waals surface area contributed by atoms with E-state index in [0.29, 0.717) is 11.1 Å². The quantitative estimate of drug-likeness (QED) is 0.757. The molecule has 1 atom stereocenters. The lowest BCUT2D eigenvalue weighted by Gasteiger charge is -2.12. The van der Waals surface area contributed by atoms with Crippen LogP contribution in [-0.2, 0) is 4.74 Å². The van der Waals surface area contributed by atoms with Crippen LogP contribution in [-0.4, -0.2) is 11.9 Å². The van der Waals surface area contributed by atoms with Crippen molar-refractivity contribution >= 4 is 11.9 Å². The zero-order valence-corrected chi connectivity index (χ0v) is 9.83. The predicted octanol–water partition coefficient (Wildman–Crippen LogP) is 1.31. The first-order valence-electron chi connectivity index (χ1n) is 5.78. The Labute approximate surface area is 109 Å². The van der Waals surface area contributed by atoms with Gasteiger partial charge < -0.3 is 14.6 Å². The topological polar surface area (TPSA) is 66.4 Å². The molecule has 0 fully saturated rings. The van der Waals surface area contributed by atoms with Gasteiger partial charge in [-0.25, -0.2) is 4.79 Å². The van der Waals surface area contributed by atoms with Gasteiger partial charge in [0.2, 0.25) is 0 Å². The second-order valence-corrected chi connectivity index (χ2v) is 4.29. The number of carboxylic acids is 1. The van der Waals surface area contributed by atoms with E-state index in [1.165, 1.54) is 18.2 Å². The molecule has 0 N–H and O–H groups in total. The van der Waals surface area contributed by atoms with Crippen LogP contribution in [0.1, 0.15) is 37.9 Å². The van der Waals surface area contributed by atoms with Crippen LogP contribution in [0.15, 0.2) is 48.5 Å². The van der Waals surface area contributed by atoms with Crippen molar-refractivity contribution in [3.63, 3.8) is 0 Å². The van der Waals surface area contributed by atoms with E-state index in [9.17, 15) is 14.7 Å². The number of aromatic carboxylic acids is 1. The van der Waals surface area contributed by atoms with Crippen molar-refractivity contribution in [3.05, 3.63) is 70.8 Å². The Bertz CT molecular complexity index is 661. The number of ether oxygens (including phenoxy) is 1. The van der Waals surface area contributed by atoms with Gasteiger partial charge in [0.05, 0.1) is 11.5 Å². The molecule has 4 nitrogen and oxygen atoms in total. The van der Waals surface area contributed by atoms with Crippen molar-refractivity contribution in [3.8, 4) is 0 Å². The Morgan fingerprint density at radius 3 is 2.53 bits per heavy atom. The minimum Gasteiger partial charge on any atom is -0.545 e. The summed E-state index contributed by atoms with van der Waals surface area (Å²) in [6.45, 7) is 0. The lowest BCUT2D eigenvalue weighted by molar-refractivity contribution is -0.255.